The minimum Gasteiger partial charge on any atom is -0.506 e. The lowest BCUT2D eigenvalue weighted by atomic mass is 9.71. The predicted molar refractivity (Wildman–Crippen MR) is 264 cm³/mol. The monoisotopic (exact) mass is 991 g/mol. The van der Waals surface area contributed by atoms with E-state index in [-0.39, 0.29) is 38.5 Å². The third-order valence-corrected chi connectivity index (χ3v) is 14.7. The summed E-state index contributed by atoms with van der Waals surface area (Å²) in [5.41, 5.74) is 3.24. The van der Waals surface area contributed by atoms with Gasteiger partial charge in [-0.05, 0) is 114 Å². The Hall–Kier alpha value is -6.03. The molecular weight excluding hydrogens is 934 g/mol. The van der Waals surface area contributed by atoms with E-state index < -0.39 is 46.2 Å². The van der Waals surface area contributed by atoms with Crippen LogP contribution in [0, 0.1) is 18.2 Å². The number of hydrogen-bond donors (Lipinski definition) is 5. The SMILES string of the molecule is Cc1cc(NS(=O)(=O)c2cc(NS(=O)(=O)c3ccc(N=Nc4c(C(C)(C)C)cn5[nH]c(-c6ccc(NS(C)(=O)=O)cc6)nc45)c(F)c3)ccc2N2CCOCC2)c(O)cc1C(C)(C)CC(C)(C)C. The molecule has 0 unspecified atom stereocenters. The van der Waals surface area contributed by atoms with Crippen molar-refractivity contribution < 1.29 is 39.5 Å². The van der Waals surface area contributed by atoms with Crippen LogP contribution in [0.15, 0.2) is 99.0 Å². The summed E-state index contributed by atoms with van der Waals surface area (Å²) in [6, 6.07) is 17.0. The molecule has 17 nitrogen and oxygen atoms in total. The van der Waals surface area contributed by atoms with Crippen LogP contribution in [0.1, 0.15) is 78.5 Å². The molecule has 364 valence electrons. The smallest absolute Gasteiger partial charge is 0.264 e. The molecule has 68 heavy (non-hydrogen) atoms. The molecule has 0 bridgehead atoms. The molecule has 1 aliphatic rings. The number of aromatic amines is 1. The maximum atomic E-state index is 15.8. The highest BCUT2D eigenvalue weighted by Crippen LogP contribution is 2.42. The average molecular weight is 992 g/mol. The second-order valence-corrected chi connectivity index (χ2v) is 25.1. The van der Waals surface area contributed by atoms with Gasteiger partial charge in [0, 0.05) is 36.1 Å². The fraction of sp³-hybridized carbons (Fsp3) is 0.383. The van der Waals surface area contributed by atoms with Crippen LogP contribution in [0.4, 0.5) is 38.5 Å². The van der Waals surface area contributed by atoms with Gasteiger partial charge in [0.25, 0.3) is 20.0 Å². The molecule has 2 aromatic heterocycles. The third kappa shape index (κ3) is 11.3. The lowest BCUT2D eigenvalue weighted by molar-refractivity contribution is 0.122. The number of phenolic OH excluding ortho intramolecular Hbond substituents is 1. The van der Waals surface area contributed by atoms with Crippen LogP contribution in [-0.4, -0.2) is 77.5 Å². The number of aromatic hydroxyl groups is 1. The molecule has 0 amide bonds. The van der Waals surface area contributed by atoms with Crippen molar-refractivity contribution in [3.63, 3.8) is 0 Å². The van der Waals surface area contributed by atoms with Crippen LogP contribution in [0.3, 0.4) is 0 Å². The first-order valence-corrected chi connectivity index (χ1v) is 26.6. The Morgan fingerprint density at radius 3 is 2.07 bits per heavy atom. The van der Waals surface area contributed by atoms with Crippen molar-refractivity contribution in [2.24, 2.45) is 15.6 Å². The van der Waals surface area contributed by atoms with Gasteiger partial charge in [0.15, 0.2) is 17.3 Å². The number of phenols is 1. The van der Waals surface area contributed by atoms with Gasteiger partial charge in [-0.1, -0.05) is 55.4 Å². The number of nitrogens with zero attached hydrogens (tertiary/aromatic N) is 5. The van der Waals surface area contributed by atoms with Crippen molar-refractivity contribution in [3.8, 4) is 17.1 Å². The Balaban J connectivity index is 1.16. The number of aryl methyl sites for hydroxylation is 1. The van der Waals surface area contributed by atoms with Crippen LogP contribution in [0.2, 0.25) is 0 Å². The maximum Gasteiger partial charge on any atom is 0.264 e. The molecule has 7 rings (SSSR count). The summed E-state index contributed by atoms with van der Waals surface area (Å²) in [7, 11) is -12.4. The molecule has 3 heterocycles. The topological polar surface area (TPSA) is 229 Å². The molecule has 1 aliphatic heterocycles. The molecule has 4 aromatic carbocycles. The zero-order valence-electron chi connectivity index (χ0n) is 39.7. The summed E-state index contributed by atoms with van der Waals surface area (Å²) in [6.07, 6.45) is 3.66. The Bertz CT molecular complexity index is 3260. The Labute approximate surface area is 397 Å². The summed E-state index contributed by atoms with van der Waals surface area (Å²) in [6.45, 7) is 19.7. The number of hydrogen-bond acceptors (Lipinski definition) is 12. The molecule has 5 N–H and O–H groups in total. The van der Waals surface area contributed by atoms with Gasteiger partial charge in [0.1, 0.15) is 22.0 Å². The standard InChI is InChI=1S/C47H58FN9O8S3/c1-29-23-38(40(58)26-34(29)47(8,9)28-45(2,3)4)55-68(63,64)41-24-32(15-18-39(41)56-19-21-65-22-20-56)54-67(61,62)33-16-17-37(36(48)25-33)50-51-42-35(46(5,6)7)27-57-44(42)49-43(52-57)30-11-13-31(14-12-30)53-66(10,59)60/h11-18,23-27,53-55,58H,19-22,28H2,1-10H3,(H,49,52). The number of benzene rings is 4. The molecule has 0 aliphatic carbocycles. The molecule has 1 fully saturated rings. The summed E-state index contributed by atoms with van der Waals surface area (Å²) in [4.78, 5) is 5.82. The van der Waals surface area contributed by atoms with Crippen LogP contribution < -0.4 is 19.1 Å². The number of ether oxygens (including phenoxy) is 1. The molecule has 0 spiro atoms. The molecule has 0 atom stereocenters. The summed E-state index contributed by atoms with van der Waals surface area (Å²) in [5, 5.41) is 23.0. The number of H-pyrrole nitrogens is 1. The zero-order valence-corrected chi connectivity index (χ0v) is 42.1. The number of morpholine rings is 1. The minimum absolute atomic E-state index is 0.0125. The predicted octanol–water partition coefficient (Wildman–Crippen LogP) is 9.72. The van der Waals surface area contributed by atoms with Gasteiger partial charge in [-0.3, -0.25) is 19.3 Å². The minimum atomic E-state index is -4.51. The highest BCUT2D eigenvalue weighted by Gasteiger charge is 2.32. The average Bonchev–Trinajstić information content (AvgIpc) is 3.80. The maximum absolute atomic E-state index is 15.8. The van der Waals surface area contributed by atoms with Crippen LogP contribution in [0.5, 0.6) is 5.75 Å². The molecular formula is C47H58FN9O8S3. The summed E-state index contributed by atoms with van der Waals surface area (Å²) in [5.74, 6) is -0.806. The molecule has 0 radical (unpaired) electrons. The Kier molecular flexibility index (Phi) is 13.3. The van der Waals surface area contributed by atoms with Crippen LogP contribution >= 0.6 is 0 Å². The Morgan fingerprint density at radius 2 is 1.46 bits per heavy atom. The van der Waals surface area contributed by atoms with Gasteiger partial charge in [-0.15, -0.1) is 10.2 Å². The largest absolute Gasteiger partial charge is 0.506 e. The number of halogens is 1. The van der Waals surface area contributed by atoms with E-state index in [4.69, 9.17) is 9.72 Å². The number of fused-ring (bicyclic) bond motifs is 1. The van der Waals surface area contributed by atoms with E-state index in [0.717, 1.165) is 41.5 Å². The van der Waals surface area contributed by atoms with Crippen molar-refractivity contribution in [3.05, 3.63) is 102 Å². The lowest BCUT2D eigenvalue weighted by Gasteiger charge is -2.34. The van der Waals surface area contributed by atoms with E-state index in [1.54, 1.807) is 47.1 Å². The van der Waals surface area contributed by atoms with Crippen molar-refractivity contribution in [2.75, 3.05) is 51.6 Å². The molecule has 0 saturated carbocycles. The van der Waals surface area contributed by atoms with Crippen LogP contribution in [-0.2, 0) is 45.6 Å². The van der Waals surface area contributed by atoms with Crippen molar-refractivity contribution in [1.82, 2.24) is 14.6 Å². The van der Waals surface area contributed by atoms with E-state index in [1.165, 1.54) is 24.3 Å². The fourth-order valence-corrected chi connectivity index (χ4v) is 11.6. The number of rotatable bonds is 14. The zero-order chi connectivity index (χ0) is 49.8. The first-order valence-electron chi connectivity index (χ1n) is 21.8. The van der Waals surface area contributed by atoms with E-state index in [9.17, 15) is 30.4 Å². The van der Waals surface area contributed by atoms with Gasteiger partial charge in [0.05, 0.1) is 41.4 Å². The van der Waals surface area contributed by atoms with Crippen molar-refractivity contribution in [2.45, 2.75) is 89.4 Å². The number of azo groups is 1. The first-order chi connectivity index (χ1) is 31.5. The van der Waals surface area contributed by atoms with E-state index >= 15 is 4.39 Å². The van der Waals surface area contributed by atoms with Gasteiger partial charge in [0.2, 0.25) is 10.0 Å². The van der Waals surface area contributed by atoms with Gasteiger partial charge < -0.3 is 14.7 Å². The van der Waals surface area contributed by atoms with Crippen molar-refractivity contribution in [1.29, 1.82) is 0 Å². The molecule has 1 saturated heterocycles. The normalized spacial score (nSPS) is 14.5. The first kappa shape index (κ1) is 49.9. The summed E-state index contributed by atoms with van der Waals surface area (Å²) < 4.78 is 110. The van der Waals surface area contributed by atoms with E-state index in [2.05, 4.69) is 64.1 Å². The van der Waals surface area contributed by atoms with Gasteiger partial charge in [-0.25, -0.2) is 39.1 Å². The Morgan fingerprint density at radius 1 is 0.794 bits per heavy atom. The van der Waals surface area contributed by atoms with E-state index in [1.807, 2.05) is 32.6 Å². The number of nitrogens with one attached hydrogen (secondary N) is 4. The fourth-order valence-electron chi connectivity index (χ4n) is 8.65. The molecule has 21 heteroatoms. The van der Waals surface area contributed by atoms with Crippen LogP contribution in [0.25, 0.3) is 17.0 Å². The number of sulfonamides is 3. The summed E-state index contributed by atoms with van der Waals surface area (Å²) >= 11 is 0. The van der Waals surface area contributed by atoms with E-state index in [0.29, 0.717) is 60.4 Å². The van der Waals surface area contributed by atoms with Crippen molar-refractivity contribution >= 4 is 69.8 Å². The third-order valence-electron chi connectivity index (χ3n) is 11.3. The highest BCUT2D eigenvalue weighted by molar-refractivity contribution is 7.93. The second kappa shape index (κ2) is 18.1. The number of anilines is 4. The lowest BCUT2D eigenvalue weighted by Crippen LogP contribution is -2.37. The van der Waals surface area contributed by atoms with Gasteiger partial charge >= 0.3 is 0 Å². The molecule has 6 aromatic rings. The van der Waals surface area contributed by atoms with Gasteiger partial charge in [-0.2, -0.15) is 0 Å². The number of aromatic nitrogens is 3. The second-order valence-electron chi connectivity index (χ2n) is 20.0. The highest BCUT2D eigenvalue weighted by atomic mass is 32.2. The quantitative estimate of drug-likeness (QED) is 0.0512.